The van der Waals surface area contributed by atoms with Gasteiger partial charge in [0.1, 0.15) is 0 Å². The lowest BCUT2D eigenvalue weighted by atomic mass is 10.1. The van der Waals surface area contributed by atoms with Gasteiger partial charge in [-0.05, 0) is 23.6 Å². The molecule has 0 fully saturated rings. The Morgan fingerprint density at radius 3 is 2.86 bits per heavy atom. The van der Waals surface area contributed by atoms with Crippen molar-refractivity contribution in [3.63, 3.8) is 0 Å². The third kappa shape index (κ3) is 1.55. The molecule has 1 nitrogen and oxygen atoms in total. The van der Waals surface area contributed by atoms with Crippen molar-refractivity contribution in [2.24, 2.45) is 0 Å². The summed E-state index contributed by atoms with van der Waals surface area (Å²) >= 11 is 5.25. The summed E-state index contributed by atoms with van der Waals surface area (Å²) in [5.41, 5.74) is 9.53. The van der Waals surface area contributed by atoms with Gasteiger partial charge in [0.2, 0.25) is 0 Å². The fraction of sp³-hybridized carbons (Fsp3) is 0.273. The van der Waals surface area contributed by atoms with Crippen molar-refractivity contribution in [1.29, 1.82) is 0 Å². The number of nitrogen functional groups attached to an aromatic ring is 1. The van der Waals surface area contributed by atoms with Gasteiger partial charge in [-0.2, -0.15) is 0 Å². The lowest BCUT2D eigenvalue weighted by molar-refractivity contribution is 1.14. The first kappa shape index (κ1) is 9.99. The topological polar surface area (TPSA) is 26.0 Å². The molecule has 2 aromatic rings. The number of hydrogen-bond acceptors (Lipinski definition) is 2. The molecule has 1 aromatic carbocycles. The van der Waals surface area contributed by atoms with E-state index in [2.05, 4.69) is 35.0 Å². The smallest absolute Gasteiger partial charge is 0.0503 e. The number of halogens is 1. The van der Waals surface area contributed by atoms with E-state index in [4.69, 9.17) is 5.73 Å². The lowest BCUT2D eigenvalue weighted by Crippen LogP contribution is -1.87. The first-order valence-corrected chi connectivity index (χ1v) is 6.60. The van der Waals surface area contributed by atoms with Gasteiger partial charge in [0.25, 0.3) is 0 Å². The number of hydrogen-bond donors (Lipinski definition) is 1. The summed E-state index contributed by atoms with van der Waals surface area (Å²) in [7, 11) is 0. The quantitative estimate of drug-likeness (QED) is 0.822. The van der Waals surface area contributed by atoms with Crippen LogP contribution in [0.5, 0.6) is 0 Å². The number of anilines is 1. The molecular formula is C11H12BrNS. The Balaban J connectivity index is 2.76. The Kier molecular flexibility index (Phi) is 2.79. The largest absolute Gasteiger partial charge is 0.398 e. The molecule has 0 aliphatic heterocycles. The van der Waals surface area contributed by atoms with Crippen LogP contribution in [0.4, 0.5) is 5.69 Å². The van der Waals surface area contributed by atoms with Gasteiger partial charge in [0.15, 0.2) is 0 Å². The predicted octanol–water partition coefficient (Wildman–Crippen LogP) is 3.94. The molecule has 0 bridgehead atoms. The van der Waals surface area contributed by atoms with E-state index in [-0.39, 0.29) is 0 Å². The number of rotatable bonds is 2. The van der Waals surface area contributed by atoms with Crippen molar-refractivity contribution < 1.29 is 0 Å². The standard InChI is InChI=1S/C11H12BrNS/c1-2-7-3-8(5-12)11-9(4-7)10(13)6-14-11/h3-4,6H,2,5,13H2,1H3. The maximum atomic E-state index is 5.92. The van der Waals surface area contributed by atoms with Crippen molar-refractivity contribution in [3.05, 3.63) is 28.6 Å². The fourth-order valence-electron chi connectivity index (χ4n) is 1.60. The molecule has 0 aliphatic rings. The first-order valence-electron chi connectivity index (χ1n) is 4.60. The highest BCUT2D eigenvalue weighted by Gasteiger charge is 2.06. The minimum Gasteiger partial charge on any atom is -0.398 e. The first-order chi connectivity index (χ1) is 6.76. The van der Waals surface area contributed by atoms with Crippen LogP contribution in [-0.2, 0) is 11.8 Å². The van der Waals surface area contributed by atoms with E-state index < -0.39 is 0 Å². The Bertz CT molecular complexity index is 462. The van der Waals surface area contributed by atoms with Crippen LogP contribution in [0.15, 0.2) is 17.5 Å². The monoisotopic (exact) mass is 269 g/mol. The van der Waals surface area contributed by atoms with Crippen LogP contribution in [0, 0.1) is 0 Å². The van der Waals surface area contributed by atoms with Crippen LogP contribution in [0.2, 0.25) is 0 Å². The Labute approximate surface area is 96.1 Å². The molecule has 1 aromatic heterocycles. The average molecular weight is 270 g/mol. The normalized spacial score (nSPS) is 11.0. The Morgan fingerprint density at radius 1 is 1.43 bits per heavy atom. The van der Waals surface area contributed by atoms with Gasteiger partial charge in [-0.25, -0.2) is 0 Å². The van der Waals surface area contributed by atoms with Crippen molar-refractivity contribution >= 4 is 43.0 Å². The number of aryl methyl sites for hydroxylation is 1. The molecule has 0 saturated heterocycles. The number of thiophene rings is 1. The maximum Gasteiger partial charge on any atom is 0.0503 e. The van der Waals surface area contributed by atoms with E-state index in [9.17, 15) is 0 Å². The second-order valence-corrected chi connectivity index (χ2v) is 4.75. The summed E-state index contributed by atoms with van der Waals surface area (Å²) in [6.45, 7) is 2.17. The number of alkyl halides is 1. The summed E-state index contributed by atoms with van der Waals surface area (Å²) in [6.07, 6.45) is 1.06. The molecule has 0 aliphatic carbocycles. The van der Waals surface area contributed by atoms with Crippen LogP contribution < -0.4 is 5.73 Å². The van der Waals surface area contributed by atoms with Crippen molar-refractivity contribution in [2.45, 2.75) is 18.7 Å². The van der Waals surface area contributed by atoms with E-state index in [1.165, 1.54) is 21.2 Å². The van der Waals surface area contributed by atoms with E-state index in [0.717, 1.165) is 17.4 Å². The number of nitrogens with two attached hydrogens (primary N) is 1. The number of benzene rings is 1. The minimum absolute atomic E-state index is 0.900. The van der Waals surface area contributed by atoms with Crippen LogP contribution >= 0.6 is 27.3 Å². The second-order valence-electron chi connectivity index (χ2n) is 3.31. The molecule has 74 valence electrons. The van der Waals surface area contributed by atoms with Gasteiger partial charge in [0.05, 0.1) is 5.69 Å². The van der Waals surface area contributed by atoms with Crippen LogP contribution in [0.1, 0.15) is 18.1 Å². The van der Waals surface area contributed by atoms with E-state index in [1.54, 1.807) is 11.3 Å². The molecule has 3 heteroatoms. The molecule has 2 N–H and O–H groups in total. The van der Waals surface area contributed by atoms with E-state index in [1.807, 2.05) is 5.38 Å². The summed E-state index contributed by atoms with van der Waals surface area (Å²) in [4.78, 5) is 0. The zero-order valence-electron chi connectivity index (χ0n) is 8.01. The van der Waals surface area contributed by atoms with Gasteiger partial charge in [-0.3, -0.25) is 0 Å². The third-order valence-electron chi connectivity index (χ3n) is 2.39. The molecule has 0 spiro atoms. The molecule has 1 heterocycles. The van der Waals surface area contributed by atoms with E-state index in [0.29, 0.717) is 0 Å². The second kappa shape index (κ2) is 3.91. The molecule has 14 heavy (non-hydrogen) atoms. The Hall–Kier alpha value is -0.540. The molecule has 0 atom stereocenters. The highest BCUT2D eigenvalue weighted by Crippen LogP contribution is 2.33. The molecule has 0 saturated carbocycles. The van der Waals surface area contributed by atoms with E-state index >= 15 is 0 Å². The van der Waals surface area contributed by atoms with Gasteiger partial charge in [-0.1, -0.05) is 28.9 Å². The molecule has 0 radical (unpaired) electrons. The summed E-state index contributed by atoms with van der Waals surface area (Å²) < 4.78 is 1.32. The maximum absolute atomic E-state index is 5.92. The molecular weight excluding hydrogens is 258 g/mol. The summed E-state index contributed by atoms with van der Waals surface area (Å²) in [5, 5.41) is 4.14. The summed E-state index contributed by atoms with van der Waals surface area (Å²) in [5.74, 6) is 0. The Morgan fingerprint density at radius 2 is 2.21 bits per heavy atom. The SMILES string of the molecule is CCc1cc(CBr)c2scc(N)c2c1. The fourth-order valence-corrected chi connectivity index (χ4v) is 3.18. The molecule has 2 rings (SSSR count). The highest BCUT2D eigenvalue weighted by atomic mass is 79.9. The van der Waals surface area contributed by atoms with Gasteiger partial charge < -0.3 is 5.73 Å². The average Bonchev–Trinajstić information content (AvgIpc) is 2.59. The van der Waals surface area contributed by atoms with Gasteiger partial charge in [0, 0.05) is 20.8 Å². The van der Waals surface area contributed by atoms with Crippen LogP contribution in [-0.4, -0.2) is 0 Å². The minimum atomic E-state index is 0.900. The summed E-state index contributed by atoms with van der Waals surface area (Å²) in [6, 6.07) is 4.46. The third-order valence-corrected chi connectivity index (χ3v) is 4.09. The highest BCUT2D eigenvalue weighted by molar-refractivity contribution is 9.08. The van der Waals surface area contributed by atoms with Crippen molar-refractivity contribution in [3.8, 4) is 0 Å². The van der Waals surface area contributed by atoms with Gasteiger partial charge in [-0.15, -0.1) is 11.3 Å². The van der Waals surface area contributed by atoms with Gasteiger partial charge >= 0.3 is 0 Å². The van der Waals surface area contributed by atoms with Crippen molar-refractivity contribution in [2.75, 3.05) is 5.73 Å². The van der Waals surface area contributed by atoms with Crippen LogP contribution in [0.3, 0.4) is 0 Å². The number of fused-ring (bicyclic) bond motifs is 1. The predicted molar refractivity (Wildman–Crippen MR) is 68.2 cm³/mol. The van der Waals surface area contributed by atoms with Crippen LogP contribution in [0.25, 0.3) is 10.1 Å². The van der Waals surface area contributed by atoms with Crippen molar-refractivity contribution in [1.82, 2.24) is 0 Å². The zero-order valence-corrected chi connectivity index (χ0v) is 10.4. The molecule has 0 amide bonds. The molecule has 0 unspecified atom stereocenters. The lowest BCUT2D eigenvalue weighted by Gasteiger charge is -2.03. The zero-order chi connectivity index (χ0) is 10.1.